The maximum Gasteiger partial charge on any atom is 0.231 e. The summed E-state index contributed by atoms with van der Waals surface area (Å²) in [6.07, 6.45) is -0.474. The molecule has 1 N–H and O–H groups in total. The van der Waals surface area contributed by atoms with E-state index >= 15 is 0 Å². The first-order valence-electron chi connectivity index (χ1n) is 5.14. The second-order valence-corrected chi connectivity index (χ2v) is 5.00. The van der Waals surface area contributed by atoms with Crippen LogP contribution in [-0.4, -0.2) is 30.4 Å². The number of benzene rings is 1. The number of fused-ring (bicyclic) bond motifs is 2. The fraction of sp³-hybridized carbons (Fsp3) is 0.455. The topological polar surface area (TPSA) is 41.9 Å². The van der Waals surface area contributed by atoms with E-state index in [4.69, 9.17) is 9.47 Å². The highest BCUT2D eigenvalue weighted by molar-refractivity contribution is 9.10. The average molecular weight is 286 g/mol. The van der Waals surface area contributed by atoms with E-state index in [0.717, 1.165) is 27.9 Å². The van der Waals surface area contributed by atoms with Crippen LogP contribution in [0, 0.1) is 0 Å². The Kier molecular flexibility index (Phi) is 2.34. The number of aliphatic hydroxyl groups excluding tert-OH is 1. The number of halogens is 1. The van der Waals surface area contributed by atoms with E-state index < -0.39 is 6.10 Å². The van der Waals surface area contributed by atoms with E-state index in [2.05, 4.69) is 20.8 Å². The van der Waals surface area contributed by atoms with Gasteiger partial charge in [-0.25, -0.2) is 0 Å². The molecular weight excluding hydrogens is 274 g/mol. The Balaban J connectivity index is 2.18. The van der Waals surface area contributed by atoms with Gasteiger partial charge >= 0.3 is 0 Å². The van der Waals surface area contributed by atoms with Gasteiger partial charge in [0, 0.05) is 18.7 Å². The SMILES string of the molecule is CN1Cc2cc3c(c(Br)c2C(O)C1)OCO3. The molecule has 2 aliphatic heterocycles. The van der Waals surface area contributed by atoms with E-state index in [0.29, 0.717) is 12.3 Å². The van der Waals surface area contributed by atoms with Crippen LogP contribution in [0.2, 0.25) is 0 Å². The van der Waals surface area contributed by atoms with Crippen LogP contribution in [-0.2, 0) is 6.54 Å². The van der Waals surface area contributed by atoms with Crippen LogP contribution in [0.3, 0.4) is 0 Å². The average Bonchev–Trinajstić information content (AvgIpc) is 2.64. The molecule has 0 radical (unpaired) electrons. The molecule has 1 atom stereocenters. The normalized spacial score (nSPS) is 23.3. The van der Waals surface area contributed by atoms with Crippen molar-refractivity contribution in [3.8, 4) is 11.5 Å². The maximum atomic E-state index is 10.1. The van der Waals surface area contributed by atoms with Crippen LogP contribution in [0.25, 0.3) is 0 Å². The largest absolute Gasteiger partial charge is 0.454 e. The lowest BCUT2D eigenvalue weighted by atomic mass is 9.97. The Morgan fingerprint density at radius 3 is 3.12 bits per heavy atom. The van der Waals surface area contributed by atoms with Gasteiger partial charge in [-0.15, -0.1) is 0 Å². The first kappa shape index (κ1) is 10.4. The minimum atomic E-state index is -0.474. The van der Waals surface area contributed by atoms with Gasteiger partial charge in [-0.3, -0.25) is 4.90 Å². The first-order chi connectivity index (χ1) is 7.66. The van der Waals surface area contributed by atoms with Crippen LogP contribution < -0.4 is 9.47 Å². The predicted molar refractivity (Wildman–Crippen MR) is 61.6 cm³/mol. The highest BCUT2D eigenvalue weighted by Crippen LogP contribution is 2.46. The van der Waals surface area contributed by atoms with Crippen molar-refractivity contribution < 1.29 is 14.6 Å². The molecule has 0 amide bonds. The van der Waals surface area contributed by atoms with Crippen LogP contribution in [0.15, 0.2) is 10.5 Å². The zero-order valence-corrected chi connectivity index (χ0v) is 10.5. The van der Waals surface area contributed by atoms with E-state index in [1.54, 1.807) is 0 Å². The van der Waals surface area contributed by atoms with E-state index in [9.17, 15) is 5.11 Å². The second-order valence-electron chi connectivity index (χ2n) is 4.21. The zero-order valence-electron chi connectivity index (χ0n) is 8.86. The van der Waals surface area contributed by atoms with Gasteiger partial charge in [-0.05, 0) is 34.6 Å². The van der Waals surface area contributed by atoms with Crippen molar-refractivity contribution in [2.45, 2.75) is 12.6 Å². The number of hydrogen-bond acceptors (Lipinski definition) is 4. The van der Waals surface area contributed by atoms with Crippen molar-refractivity contribution in [1.82, 2.24) is 4.90 Å². The van der Waals surface area contributed by atoms with Crippen molar-refractivity contribution in [2.75, 3.05) is 20.4 Å². The Morgan fingerprint density at radius 1 is 1.50 bits per heavy atom. The Morgan fingerprint density at radius 2 is 2.31 bits per heavy atom. The second kappa shape index (κ2) is 3.61. The molecule has 0 fully saturated rings. The van der Waals surface area contributed by atoms with Crippen LogP contribution >= 0.6 is 15.9 Å². The molecule has 2 heterocycles. The smallest absolute Gasteiger partial charge is 0.231 e. The van der Waals surface area contributed by atoms with Crippen LogP contribution in [0.5, 0.6) is 11.5 Å². The van der Waals surface area contributed by atoms with Crippen molar-refractivity contribution >= 4 is 15.9 Å². The Hall–Kier alpha value is -0.780. The molecule has 0 spiro atoms. The number of hydrogen-bond donors (Lipinski definition) is 1. The summed E-state index contributed by atoms with van der Waals surface area (Å²) in [5.41, 5.74) is 2.03. The molecule has 4 nitrogen and oxygen atoms in total. The Labute approximate surface area is 102 Å². The summed E-state index contributed by atoms with van der Waals surface area (Å²) >= 11 is 3.49. The molecule has 2 aliphatic rings. The van der Waals surface area contributed by atoms with Gasteiger partial charge in [0.25, 0.3) is 0 Å². The molecule has 1 aromatic rings. The van der Waals surface area contributed by atoms with Gasteiger partial charge in [-0.2, -0.15) is 0 Å². The lowest BCUT2D eigenvalue weighted by Gasteiger charge is -2.30. The number of rotatable bonds is 0. The van der Waals surface area contributed by atoms with Gasteiger partial charge in [0.05, 0.1) is 10.6 Å². The van der Waals surface area contributed by atoms with Crippen molar-refractivity contribution in [3.05, 3.63) is 21.7 Å². The quantitative estimate of drug-likeness (QED) is 0.787. The van der Waals surface area contributed by atoms with Gasteiger partial charge in [0.15, 0.2) is 11.5 Å². The summed E-state index contributed by atoms with van der Waals surface area (Å²) in [5, 5.41) is 10.1. The van der Waals surface area contributed by atoms with Gasteiger partial charge in [0.1, 0.15) is 0 Å². The molecular formula is C11H12BrNO3. The lowest BCUT2D eigenvalue weighted by Crippen LogP contribution is -2.30. The monoisotopic (exact) mass is 285 g/mol. The number of ether oxygens (including phenoxy) is 2. The van der Waals surface area contributed by atoms with Crippen molar-refractivity contribution in [2.24, 2.45) is 0 Å². The van der Waals surface area contributed by atoms with Gasteiger partial charge in [-0.1, -0.05) is 0 Å². The summed E-state index contributed by atoms with van der Waals surface area (Å²) < 4.78 is 11.6. The van der Waals surface area contributed by atoms with Crippen LogP contribution in [0.4, 0.5) is 0 Å². The number of β-amino-alcohol motifs (C(OH)–C–C–N with tert-alkyl or cyclic N) is 1. The molecule has 1 unspecified atom stereocenters. The van der Waals surface area contributed by atoms with E-state index in [1.807, 2.05) is 13.1 Å². The molecule has 0 saturated carbocycles. The summed E-state index contributed by atoms with van der Waals surface area (Å²) in [7, 11) is 1.99. The lowest BCUT2D eigenvalue weighted by molar-refractivity contribution is 0.107. The molecule has 16 heavy (non-hydrogen) atoms. The third kappa shape index (κ3) is 1.43. The fourth-order valence-corrected chi connectivity index (χ4v) is 3.13. The third-order valence-corrected chi connectivity index (χ3v) is 3.77. The maximum absolute atomic E-state index is 10.1. The molecule has 3 rings (SSSR count). The highest BCUT2D eigenvalue weighted by Gasteiger charge is 2.30. The minimum Gasteiger partial charge on any atom is -0.454 e. The van der Waals surface area contributed by atoms with E-state index in [1.165, 1.54) is 0 Å². The number of nitrogens with zero attached hydrogens (tertiary/aromatic N) is 1. The number of aliphatic hydroxyl groups is 1. The van der Waals surface area contributed by atoms with Gasteiger partial charge < -0.3 is 14.6 Å². The van der Waals surface area contributed by atoms with E-state index in [-0.39, 0.29) is 6.79 Å². The van der Waals surface area contributed by atoms with Gasteiger partial charge in [0.2, 0.25) is 6.79 Å². The standard InChI is InChI=1S/C11H12BrNO3/c1-13-3-6-2-8-11(16-5-15-8)10(12)9(6)7(14)4-13/h2,7,14H,3-5H2,1H3. The summed E-state index contributed by atoms with van der Waals surface area (Å²) in [6, 6.07) is 1.96. The van der Waals surface area contributed by atoms with Crippen LogP contribution in [0.1, 0.15) is 17.2 Å². The predicted octanol–water partition coefficient (Wildman–Crippen LogP) is 1.66. The highest BCUT2D eigenvalue weighted by atomic mass is 79.9. The fourth-order valence-electron chi connectivity index (χ4n) is 2.30. The minimum absolute atomic E-state index is 0.253. The molecule has 1 aromatic carbocycles. The molecule has 5 heteroatoms. The summed E-state index contributed by atoms with van der Waals surface area (Å²) in [5.74, 6) is 1.47. The molecule has 0 aromatic heterocycles. The first-order valence-corrected chi connectivity index (χ1v) is 5.93. The molecule has 0 saturated heterocycles. The third-order valence-electron chi connectivity index (χ3n) is 2.99. The number of likely N-dealkylation sites (N-methyl/N-ethyl adjacent to an activating group) is 1. The zero-order chi connectivity index (χ0) is 11.3. The summed E-state index contributed by atoms with van der Waals surface area (Å²) in [6.45, 7) is 1.72. The summed E-state index contributed by atoms with van der Waals surface area (Å²) in [4.78, 5) is 2.08. The molecule has 0 bridgehead atoms. The van der Waals surface area contributed by atoms with Crippen molar-refractivity contribution in [1.29, 1.82) is 0 Å². The Bertz CT molecular complexity index is 449. The molecule has 86 valence electrons. The molecule has 0 aliphatic carbocycles. The van der Waals surface area contributed by atoms with Crippen molar-refractivity contribution in [3.63, 3.8) is 0 Å².